The molecule has 0 N–H and O–H groups in total. The van der Waals surface area contributed by atoms with Crippen LogP contribution in [-0.2, 0) is 26.0 Å². The number of anilines is 1. The molecule has 0 radical (unpaired) electrons. The highest BCUT2D eigenvalue weighted by molar-refractivity contribution is 7.92. The van der Waals surface area contributed by atoms with Crippen LogP contribution in [0.1, 0.15) is 50.0 Å². The van der Waals surface area contributed by atoms with E-state index in [0.717, 1.165) is 12.0 Å². The predicted octanol–water partition coefficient (Wildman–Crippen LogP) is 4.28. The molecule has 0 atom stereocenters. The maximum Gasteiger partial charge on any atom is 0.340 e. The Balaban J connectivity index is 1.84. The summed E-state index contributed by atoms with van der Waals surface area (Å²) < 4.78 is 33.4. The summed E-state index contributed by atoms with van der Waals surface area (Å²) in [7, 11) is -3.92. The van der Waals surface area contributed by atoms with E-state index < -0.39 is 22.6 Å². The number of carbonyl (C=O) groups is 2. The molecule has 33 heavy (non-hydrogen) atoms. The fraction of sp³-hybridized carbons (Fsp3) is 0.417. The van der Waals surface area contributed by atoms with Crippen molar-refractivity contribution in [3.63, 3.8) is 0 Å². The number of aryl methyl sites for hydroxylation is 1. The second kappa shape index (κ2) is 10.1. The second-order valence-electron chi connectivity index (χ2n) is 8.52. The van der Waals surface area contributed by atoms with Crippen molar-refractivity contribution in [2.45, 2.75) is 57.5 Å². The molecule has 1 heterocycles. The molecule has 0 aromatic heterocycles. The molecule has 2 aromatic rings. The highest BCUT2D eigenvalue weighted by atomic mass is 35.5. The summed E-state index contributed by atoms with van der Waals surface area (Å²) >= 11 is 6.18. The Morgan fingerprint density at radius 3 is 2.42 bits per heavy atom. The van der Waals surface area contributed by atoms with Crippen LogP contribution in [-0.4, -0.2) is 50.4 Å². The molecule has 0 aliphatic carbocycles. The molecule has 1 amide bonds. The molecule has 7 nitrogen and oxygen atoms in total. The number of amides is 1. The van der Waals surface area contributed by atoms with Gasteiger partial charge in [0.05, 0.1) is 21.2 Å². The summed E-state index contributed by atoms with van der Waals surface area (Å²) in [5, 5.41) is 0.0509. The summed E-state index contributed by atoms with van der Waals surface area (Å²) in [5.41, 5.74) is 1.49. The van der Waals surface area contributed by atoms with Crippen molar-refractivity contribution in [1.29, 1.82) is 0 Å². The van der Waals surface area contributed by atoms with E-state index in [1.54, 1.807) is 17.0 Å². The average molecular weight is 493 g/mol. The van der Waals surface area contributed by atoms with E-state index in [2.05, 4.69) is 0 Å². The first-order valence-electron chi connectivity index (χ1n) is 10.9. The second-order valence-corrected chi connectivity index (χ2v) is 10.8. The quantitative estimate of drug-likeness (QED) is 0.538. The van der Waals surface area contributed by atoms with Crippen LogP contribution in [0.2, 0.25) is 5.02 Å². The lowest BCUT2D eigenvalue weighted by Gasteiger charge is -2.30. The van der Waals surface area contributed by atoms with Gasteiger partial charge >= 0.3 is 5.97 Å². The van der Waals surface area contributed by atoms with E-state index in [1.165, 1.54) is 22.5 Å². The lowest BCUT2D eigenvalue weighted by Crippen LogP contribution is -2.44. The number of hydrogen-bond acceptors (Lipinski definition) is 5. The minimum Gasteiger partial charge on any atom is -0.452 e. The molecule has 0 unspecified atom stereocenters. The maximum absolute atomic E-state index is 13.4. The van der Waals surface area contributed by atoms with Crippen molar-refractivity contribution < 1.29 is 22.7 Å². The van der Waals surface area contributed by atoms with Gasteiger partial charge < -0.3 is 9.64 Å². The SMILES string of the molecule is CC(C)N(C(=O)COC(=O)c1cc(S(=O)(=O)N2CCCc3ccccc32)ccc1Cl)C(C)C. The monoisotopic (exact) mass is 492 g/mol. The third kappa shape index (κ3) is 5.33. The fourth-order valence-corrected chi connectivity index (χ4v) is 5.91. The Bertz CT molecular complexity index is 1140. The first kappa shape index (κ1) is 25.1. The van der Waals surface area contributed by atoms with Gasteiger partial charge in [0.25, 0.3) is 15.9 Å². The molecule has 178 valence electrons. The van der Waals surface area contributed by atoms with E-state index in [9.17, 15) is 18.0 Å². The van der Waals surface area contributed by atoms with Gasteiger partial charge in [-0.1, -0.05) is 29.8 Å². The summed E-state index contributed by atoms with van der Waals surface area (Å²) in [6.45, 7) is 7.40. The highest BCUT2D eigenvalue weighted by Crippen LogP contribution is 2.33. The first-order chi connectivity index (χ1) is 15.5. The molecule has 1 aliphatic heterocycles. The van der Waals surface area contributed by atoms with Gasteiger partial charge in [0, 0.05) is 18.6 Å². The van der Waals surface area contributed by atoms with Crippen LogP contribution in [0.15, 0.2) is 47.4 Å². The van der Waals surface area contributed by atoms with E-state index >= 15 is 0 Å². The van der Waals surface area contributed by atoms with E-state index in [1.807, 2.05) is 39.8 Å². The summed E-state index contributed by atoms with van der Waals surface area (Å²) in [6, 6.07) is 11.2. The molecule has 0 bridgehead atoms. The minimum atomic E-state index is -3.92. The highest BCUT2D eigenvalue weighted by Gasteiger charge is 2.30. The number of sulfonamides is 1. The van der Waals surface area contributed by atoms with Crippen molar-refractivity contribution in [3.05, 3.63) is 58.6 Å². The Morgan fingerprint density at radius 2 is 1.76 bits per heavy atom. The Hall–Kier alpha value is -2.58. The number of carbonyl (C=O) groups excluding carboxylic acids is 2. The number of ether oxygens (including phenoxy) is 1. The maximum atomic E-state index is 13.4. The number of esters is 1. The van der Waals surface area contributed by atoms with Crippen LogP contribution >= 0.6 is 11.6 Å². The van der Waals surface area contributed by atoms with Gasteiger partial charge in [-0.05, 0) is 70.4 Å². The summed E-state index contributed by atoms with van der Waals surface area (Å²) in [5.74, 6) is -1.19. The van der Waals surface area contributed by atoms with Gasteiger partial charge in [-0.3, -0.25) is 9.10 Å². The van der Waals surface area contributed by atoms with Gasteiger partial charge in [-0.2, -0.15) is 0 Å². The molecule has 0 saturated carbocycles. The zero-order chi connectivity index (χ0) is 24.3. The number of benzene rings is 2. The molecule has 2 aromatic carbocycles. The normalized spacial score (nSPS) is 13.7. The predicted molar refractivity (Wildman–Crippen MR) is 128 cm³/mol. The first-order valence-corrected chi connectivity index (χ1v) is 12.7. The van der Waals surface area contributed by atoms with Gasteiger partial charge in [0.1, 0.15) is 0 Å². The van der Waals surface area contributed by atoms with Crippen molar-refractivity contribution in [1.82, 2.24) is 4.90 Å². The van der Waals surface area contributed by atoms with Crippen LogP contribution in [0.3, 0.4) is 0 Å². The Labute approximate surface area is 200 Å². The molecule has 0 fully saturated rings. The van der Waals surface area contributed by atoms with Gasteiger partial charge in [0.15, 0.2) is 6.61 Å². The van der Waals surface area contributed by atoms with Crippen molar-refractivity contribution >= 4 is 39.2 Å². The molecule has 0 saturated heterocycles. The number of halogens is 1. The van der Waals surface area contributed by atoms with Crippen LogP contribution in [0.25, 0.3) is 0 Å². The molecular weight excluding hydrogens is 464 g/mol. The molecule has 3 rings (SSSR count). The number of fused-ring (bicyclic) bond motifs is 1. The van der Waals surface area contributed by atoms with Crippen molar-refractivity contribution in [3.8, 4) is 0 Å². The molecular formula is C24H29ClN2O5S. The standard InChI is InChI=1S/C24H29ClN2O5S/c1-16(2)27(17(3)4)23(28)15-32-24(29)20-14-19(11-12-21(20)25)33(30,31)26-13-7-9-18-8-5-6-10-22(18)26/h5-6,8,10-12,14,16-17H,7,9,13,15H2,1-4H3. The van der Waals surface area contributed by atoms with E-state index in [4.69, 9.17) is 16.3 Å². The molecule has 1 aliphatic rings. The number of hydrogen-bond donors (Lipinski definition) is 0. The third-order valence-electron chi connectivity index (χ3n) is 5.54. The van der Waals surface area contributed by atoms with Crippen molar-refractivity contribution in [2.24, 2.45) is 0 Å². The third-order valence-corrected chi connectivity index (χ3v) is 7.68. The van der Waals surface area contributed by atoms with Gasteiger partial charge in [-0.15, -0.1) is 0 Å². The molecule has 0 spiro atoms. The molecule has 9 heteroatoms. The Kier molecular flexibility index (Phi) is 7.69. The lowest BCUT2D eigenvalue weighted by atomic mass is 10.0. The van der Waals surface area contributed by atoms with Gasteiger partial charge in [-0.25, -0.2) is 13.2 Å². The van der Waals surface area contributed by atoms with E-state index in [-0.39, 0.29) is 33.5 Å². The average Bonchev–Trinajstić information content (AvgIpc) is 2.76. The minimum absolute atomic E-state index is 0.0509. The topological polar surface area (TPSA) is 84.0 Å². The smallest absolute Gasteiger partial charge is 0.340 e. The largest absolute Gasteiger partial charge is 0.452 e. The van der Waals surface area contributed by atoms with Crippen LogP contribution in [0.4, 0.5) is 5.69 Å². The van der Waals surface area contributed by atoms with Crippen LogP contribution in [0.5, 0.6) is 0 Å². The zero-order valence-corrected chi connectivity index (χ0v) is 20.8. The summed E-state index contributed by atoms with van der Waals surface area (Å²) in [4.78, 5) is 26.8. The Morgan fingerprint density at radius 1 is 1.09 bits per heavy atom. The lowest BCUT2D eigenvalue weighted by molar-refractivity contribution is -0.138. The summed E-state index contributed by atoms with van der Waals surface area (Å²) in [6.07, 6.45) is 1.50. The number of rotatable bonds is 7. The number of nitrogens with zero attached hydrogens (tertiary/aromatic N) is 2. The van der Waals surface area contributed by atoms with Crippen LogP contribution in [0, 0.1) is 0 Å². The fourth-order valence-electron chi connectivity index (χ4n) is 4.15. The zero-order valence-electron chi connectivity index (χ0n) is 19.2. The van der Waals surface area contributed by atoms with E-state index in [0.29, 0.717) is 18.7 Å². The van der Waals surface area contributed by atoms with Crippen molar-refractivity contribution in [2.75, 3.05) is 17.5 Å². The number of para-hydroxylation sites is 1. The van der Waals surface area contributed by atoms with Crippen LogP contribution < -0.4 is 4.31 Å². The van der Waals surface area contributed by atoms with Gasteiger partial charge in [0.2, 0.25) is 0 Å².